The molecule has 0 amide bonds. The number of hydrogen-bond acceptors (Lipinski definition) is 2. The van der Waals surface area contributed by atoms with Gasteiger partial charge in [0, 0.05) is 16.5 Å². The lowest BCUT2D eigenvalue weighted by Crippen LogP contribution is -2.44. The predicted octanol–water partition coefficient (Wildman–Crippen LogP) is 13.2. The van der Waals surface area contributed by atoms with Crippen LogP contribution in [0.3, 0.4) is 0 Å². The highest BCUT2D eigenvalue weighted by molar-refractivity contribution is 5.97. The summed E-state index contributed by atoms with van der Waals surface area (Å²) in [6.45, 7) is 0. The minimum atomic E-state index is -0.609. The molecule has 2 nitrogen and oxygen atoms in total. The van der Waals surface area contributed by atoms with Crippen molar-refractivity contribution in [3.63, 3.8) is 0 Å². The molecule has 270 valence electrons. The Morgan fingerprint density at radius 2 is 0.879 bits per heavy atom. The first-order valence-corrected chi connectivity index (χ1v) is 20.1. The van der Waals surface area contributed by atoms with Crippen molar-refractivity contribution in [2.24, 2.45) is 0 Å². The Balaban J connectivity index is 1.11. The van der Waals surface area contributed by atoms with Crippen molar-refractivity contribution in [3.8, 4) is 33.8 Å². The van der Waals surface area contributed by atoms with Gasteiger partial charge in [0.1, 0.15) is 0 Å². The van der Waals surface area contributed by atoms with E-state index in [0.29, 0.717) is 5.82 Å². The van der Waals surface area contributed by atoms with Crippen LogP contribution in [0.15, 0.2) is 218 Å². The smallest absolute Gasteiger partial charge is 0.160 e. The van der Waals surface area contributed by atoms with E-state index in [1.807, 2.05) is 0 Å². The summed E-state index contributed by atoms with van der Waals surface area (Å²) in [5.74, 6) is 0.713. The number of aromatic nitrogens is 2. The number of benzene rings is 9. The molecule has 2 aliphatic carbocycles. The summed E-state index contributed by atoms with van der Waals surface area (Å²) < 4.78 is 0. The summed E-state index contributed by atoms with van der Waals surface area (Å²) in [5.41, 5.74) is 15.8. The van der Waals surface area contributed by atoms with Gasteiger partial charge >= 0.3 is 0 Å². The number of fused-ring (bicyclic) bond motifs is 7. The summed E-state index contributed by atoms with van der Waals surface area (Å²) >= 11 is 0. The lowest BCUT2D eigenvalue weighted by molar-refractivity contribution is 0.627. The maximum Gasteiger partial charge on any atom is 0.160 e. The summed E-state index contributed by atoms with van der Waals surface area (Å²) in [5, 5.41) is 3.45. The second-order valence-corrected chi connectivity index (χ2v) is 15.6. The van der Waals surface area contributed by atoms with Gasteiger partial charge < -0.3 is 0 Å². The Kier molecular flexibility index (Phi) is 7.09. The average molecular weight is 737 g/mol. The van der Waals surface area contributed by atoms with E-state index in [0.717, 1.165) is 27.7 Å². The van der Waals surface area contributed by atoms with Crippen molar-refractivity contribution in [2.45, 2.75) is 10.8 Å². The Labute approximate surface area is 337 Å². The molecule has 2 aliphatic rings. The fourth-order valence-electron chi connectivity index (χ4n) is 10.5. The van der Waals surface area contributed by atoms with Gasteiger partial charge in [-0.2, -0.15) is 0 Å². The van der Waals surface area contributed by atoms with Crippen molar-refractivity contribution in [1.82, 2.24) is 9.97 Å². The first-order chi connectivity index (χ1) is 28.8. The highest BCUT2D eigenvalue weighted by atomic mass is 14.9. The normalized spacial score (nSPS) is 17.4. The van der Waals surface area contributed by atoms with Gasteiger partial charge in [-0.1, -0.05) is 206 Å². The van der Waals surface area contributed by atoms with Crippen LogP contribution in [0, 0.1) is 0 Å². The summed E-state index contributed by atoms with van der Waals surface area (Å²) in [7, 11) is 0. The van der Waals surface area contributed by atoms with Gasteiger partial charge in [-0.25, -0.2) is 9.97 Å². The number of rotatable bonds is 5. The largest absolute Gasteiger partial charge is 0.228 e. The van der Waals surface area contributed by atoms with E-state index in [4.69, 9.17) is 9.97 Å². The molecule has 0 saturated heterocycles. The van der Waals surface area contributed by atoms with Gasteiger partial charge in [-0.05, 0) is 78.5 Å². The van der Waals surface area contributed by atoms with E-state index < -0.39 is 10.8 Å². The molecular weight excluding hydrogens is 701 g/mol. The minimum absolute atomic E-state index is 0.476. The van der Waals surface area contributed by atoms with E-state index >= 15 is 0 Å². The topological polar surface area (TPSA) is 25.8 Å². The molecule has 58 heavy (non-hydrogen) atoms. The second kappa shape index (κ2) is 12.5. The standard InChI is InChI=1S/C56H36N2/c1-3-18-41(19-4-1)55(43-34-32-38(33-35-43)54-57-51-29-14-10-23-46(51)53(58-54)40-31-30-37-16-7-8-17-39(37)36-40)48-26-12-13-27-49(48)56(42-20-5-2-6-21-42)47-25-11-9-22-44(47)45-24-15-28-50(55)52(45)56/h1-36H. The van der Waals surface area contributed by atoms with Crippen LogP contribution >= 0.6 is 0 Å². The molecule has 0 aliphatic heterocycles. The highest BCUT2D eigenvalue weighted by Gasteiger charge is 2.57. The molecule has 2 unspecified atom stereocenters. The average Bonchev–Trinajstić information content (AvgIpc) is 3.61. The third kappa shape index (κ3) is 4.43. The lowest BCUT2D eigenvalue weighted by Gasteiger charge is -2.49. The molecule has 2 atom stereocenters. The quantitative estimate of drug-likeness (QED) is 0.176. The maximum atomic E-state index is 5.32. The fraction of sp³-hybridized carbons (Fsp3) is 0.0357. The fourth-order valence-corrected chi connectivity index (χ4v) is 10.5. The first-order valence-electron chi connectivity index (χ1n) is 20.1. The van der Waals surface area contributed by atoms with Crippen molar-refractivity contribution in [2.75, 3.05) is 0 Å². The van der Waals surface area contributed by atoms with Crippen LogP contribution in [-0.4, -0.2) is 9.97 Å². The van der Waals surface area contributed by atoms with Crippen molar-refractivity contribution < 1.29 is 0 Å². The zero-order valence-electron chi connectivity index (χ0n) is 31.7. The molecule has 12 rings (SSSR count). The molecular formula is C56H36N2. The van der Waals surface area contributed by atoms with Crippen molar-refractivity contribution in [3.05, 3.63) is 263 Å². The highest BCUT2D eigenvalue weighted by Crippen LogP contribution is 2.65. The molecule has 10 aromatic rings. The third-order valence-electron chi connectivity index (χ3n) is 12.8. The maximum absolute atomic E-state index is 5.32. The van der Waals surface area contributed by atoms with Gasteiger partial charge in [0.05, 0.1) is 22.0 Å². The number of hydrogen-bond donors (Lipinski definition) is 0. The van der Waals surface area contributed by atoms with Crippen LogP contribution in [0.1, 0.15) is 44.5 Å². The number of para-hydroxylation sites is 1. The Bertz CT molecular complexity index is 3220. The van der Waals surface area contributed by atoms with Crippen LogP contribution in [0.5, 0.6) is 0 Å². The monoisotopic (exact) mass is 736 g/mol. The van der Waals surface area contributed by atoms with Crippen molar-refractivity contribution in [1.29, 1.82) is 0 Å². The molecule has 0 saturated carbocycles. The van der Waals surface area contributed by atoms with Crippen LogP contribution in [0.2, 0.25) is 0 Å². The van der Waals surface area contributed by atoms with E-state index in [2.05, 4.69) is 218 Å². The van der Waals surface area contributed by atoms with Crippen LogP contribution in [-0.2, 0) is 10.8 Å². The molecule has 0 N–H and O–H groups in total. The SMILES string of the molecule is c1ccc(C2(c3ccc(-c4nc(-c5ccc6ccccc6c5)c5ccccc5n4)cc3)c3ccccc3C3(c4ccccc4)c4ccccc4-c4cccc2c43)cc1. The summed E-state index contributed by atoms with van der Waals surface area (Å²) in [6, 6.07) is 80.1. The van der Waals surface area contributed by atoms with E-state index in [1.54, 1.807) is 0 Å². The Morgan fingerprint density at radius 1 is 0.328 bits per heavy atom. The Morgan fingerprint density at radius 3 is 1.66 bits per heavy atom. The molecule has 0 spiro atoms. The van der Waals surface area contributed by atoms with E-state index in [9.17, 15) is 0 Å². The van der Waals surface area contributed by atoms with Gasteiger partial charge in [-0.3, -0.25) is 0 Å². The summed E-state index contributed by atoms with van der Waals surface area (Å²) in [6.07, 6.45) is 0. The molecule has 2 heteroatoms. The number of nitrogens with zero attached hydrogens (tertiary/aromatic N) is 2. The second-order valence-electron chi connectivity index (χ2n) is 15.6. The molecule has 0 bridgehead atoms. The minimum Gasteiger partial charge on any atom is -0.228 e. The molecule has 0 radical (unpaired) electrons. The third-order valence-corrected chi connectivity index (χ3v) is 12.8. The van der Waals surface area contributed by atoms with E-state index in [-0.39, 0.29) is 0 Å². The molecule has 9 aromatic carbocycles. The van der Waals surface area contributed by atoms with Crippen LogP contribution in [0.4, 0.5) is 0 Å². The zero-order valence-corrected chi connectivity index (χ0v) is 31.7. The molecule has 1 heterocycles. The lowest BCUT2D eigenvalue weighted by atomic mass is 9.52. The predicted molar refractivity (Wildman–Crippen MR) is 237 cm³/mol. The van der Waals surface area contributed by atoms with Gasteiger partial charge in [0.15, 0.2) is 5.82 Å². The van der Waals surface area contributed by atoms with Gasteiger partial charge in [0.2, 0.25) is 0 Å². The van der Waals surface area contributed by atoms with Crippen LogP contribution < -0.4 is 0 Å². The summed E-state index contributed by atoms with van der Waals surface area (Å²) in [4.78, 5) is 10.5. The molecule has 1 aromatic heterocycles. The Hall–Kier alpha value is -7.42. The van der Waals surface area contributed by atoms with E-state index in [1.165, 1.54) is 66.4 Å². The van der Waals surface area contributed by atoms with Gasteiger partial charge in [-0.15, -0.1) is 0 Å². The van der Waals surface area contributed by atoms with Gasteiger partial charge in [0.25, 0.3) is 0 Å². The zero-order chi connectivity index (χ0) is 38.3. The van der Waals surface area contributed by atoms with Crippen molar-refractivity contribution >= 4 is 21.7 Å². The van der Waals surface area contributed by atoms with Crippen LogP contribution in [0.25, 0.3) is 55.4 Å². The first kappa shape index (κ1) is 32.8. The molecule has 0 fully saturated rings.